The Morgan fingerprint density at radius 2 is 2.24 bits per heavy atom. The van der Waals surface area contributed by atoms with Gasteiger partial charge in [0.2, 0.25) is 0 Å². The highest BCUT2D eigenvalue weighted by molar-refractivity contribution is 6.32. The Bertz CT molecular complexity index is 613. The van der Waals surface area contributed by atoms with Crippen molar-refractivity contribution in [3.05, 3.63) is 41.7 Å². The number of nitrogens with zero attached hydrogens (tertiary/aromatic N) is 3. The van der Waals surface area contributed by atoms with Gasteiger partial charge in [-0.3, -0.25) is 0 Å². The van der Waals surface area contributed by atoms with E-state index in [0.29, 0.717) is 5.69 Å². The lowest BCUT2D eigenvalue weighted by Gasteiger charge is -2.18. The van der Waals surface area contributed by atoms with Gasteiger partial charge in [-0.25, -0.2) is 14.8 Å². The van der Waals surface area contributed by atoms with Crippen LogP contribution >= 0.6 is 11.6 Å². The van der Waals surface area contributed by atoms with Crippen molar-refractivity contribution in [3.63, 3.8) is 0 Å². The topological polar surface area (TPSA) is 71.8 Å². The van der Waals surface area contributed by atoms with Crippen molar-refractivity contribution in [2.24, 2.45) is 7.05 Å². The van der Waals surface area contributed by atoms with Gasteiger partial charge in [0.1, 0.15) is 5.82 Å². The van der Waals surface area contributed by atoms with Crippen LogP contribution in [0.2, 0.25) is 5.15 Å². The summed E-state index contributed by atoms with van der Waals surface area (Å²) in [6, 6.07) is 2.94. The minimum absolute atomic E-state index is 0.148. The van der Waals surface area contributed by atoms with Crippen LogP contribution < -0.4 is 10.6 Å². The molecule has 0 aliphatic carbocycles. The summed E-state index contributed by atoms with van der Waals surface area (Å²) in [5.41, 5.74) is 0.478. The first-order valence-electron chi connectivity index (χ1n) is 6.77. The number of aryl methyl sites for hydroxylation is 1. The third kappa shape index (κ3) is 3.95. The van der Waals surface area contributed by atoms with Gasteiger partial charge in [0.05, 0.1) is 11.7 Å². The maximum absolute atomic E-state index is 12.1. The van der Waals surface area contributed by atoms with Gasteiger partial charge in [0, 0.05) is 25.6 Å². The van der Waals surface area contributed by atoms with Crippen molar-refractivity contribution in [1.82, 2.24) is 19.9 Å². The number of carbonyl (C=O) groups excluding carboxylic acids is 1. The summed E-state index contributed by atoms with van der Waals surface area (Å²) in [6.45, 7) is 2.06. The predicted molar refractivity (Wildman–Crippen MR) is 82.3 cm³/mol. The zero-order valence-electron chi connectivity index (χ0n) is 12.0. The molecule has 0 aromatic carbocycles. The predicted octanol–water partition coefficient (Wildman–Crippen LogP) is 3.13. The molecule has 2 aromatic rings. The van der Waals surface area contributed by atoms with Crippen LogP contribution in [0, 0.1) is 0 Å². The lowest BCUT2D eigenvalue weighted by molar-refractivity contribution is 0.247. The van der Waals surface area contributed by atoms with E-state index in [-0.39, 0.29) is 17.2 Å². The number of amides is 2. The number of imidazole rings is 1. The highest BCUT2D eigenvalue weighted by Crippen LogP contribution is 2.19. The van der Waals surface area contributed by atoms with Crippen LogP contribution in [0.1, 0.15) is 31.6 Å². The van der Waals surface area contributed by atoms with Crippen molar-refractivity contribution in [2.75, 3.05) is 5.32 Å². The number of hydrogen-bond donors (Lipinski definition) is 2. The Kier molecular flexibility index (Phi) is 5.16. The summed E-state index contributed by atoms with van der Waals surface area (Å²) in [4.78, 5) is 20.3. The minimum atomic E-state index is -0.327. The Morgan fingerprint density at radius 1 is 1.43 bits per heavy atom. The first kappa shape index (κ1) is 15.3. The van der Waals surface area contributed by atoms with Gasteiger partial charge in [0.15, 0.2) is 5.15 Å². The van der Waals surface area contributed by atoms with Gasteiger partial charge in [-0.1, -0.05) is 24.9 Å². The van der Waals surface area contributed by atoms with Crippen molar-refractivity contribution in [2.45, 2.75) is 25.8 Å². The fourth-order valence-electron chi connectivity index (χ4n) is 2.06. The van der Waals surface area contributed by atoms with Crippen molar-refractivity contribution >= 4 is 23.3 Å². The molecule has 0 radical (unpaired) electrons. The van der Waals surface area contributed by atoms with Crippen LogP contribution in [-0.4, -0.2) is 20.6 Å². The number of nitrogens with one attached hydrogen (secondary N) is 2. The first-order valence-corrected chi connectivity index (χ1v) is 7.15. The van der Waals surface area contributed by atoms with Crippen LogP contribution in [0.25, 0.3) is 0 Å². The Hall–Kier alpha value is -2.08. The van der Waals surface area contributed by atoms with Crippen LogP contribution in [0.4, 0.5) is 10.5 Å². The Morgan fingerprint density at radius 3 is 2.86 bits per heavy atom. The largest absolute Gasteiger partial charge is 0.336 e. The van der Waals surface area contributed by atoms with Gasteiger partial charge in [-0.15, -0.1) is 0 Å². The number of aromatic nitrogens is 3. The molecule has 0 aliphatic rings. The molecule has 0 fully saturated rings. The van der Waals surface area contributed by atoms with E-state index in [2.05, 4.69) is 27.5 Å². The fourth-order valence-corrected chi connectivity index (χ4v) is 2.23. The second kappa shape index (κ2) is 7.08. The fraction of sp³-hybridized carbons (Fsp3) is 0.357. The molecule has 6 nitrogen and oxygen atoms in total. The molecule has 2 aromatic heterocycles. The van der Waals surface area contributed by atoms with Crippen molar-refractivity contribution in [1.29, 1.82) is 0 Å². The molecule has 0 spiro atoms. The van der Waals surface area contributed by atoms with Gasteiger partial charge in [-0.05, 0) is 18.6 Å². The molecule has 0 bridgehead atoms. The average molecular weight is 308 g/mol. The summed E-state index contributed by atoms with van der Waals surface area (Å²) < 4.78 is 1.90. The summed E-state index contributed by atoms with van der Waals surface area (Å²) in [6.07, 6.45) is 6.88. The Balaban J connectivity index is 2.05. The molecule has 0 unspecified atom stereocenters. The van der Waals surface area contributed by atoms with Gasteiger partial charge >= 0.3 is 6.03 Å². The standard InChI is InChI=1S/C14H18ClN5O/c1-3-5-11(13-17-8-9-20(13)2)19-14(21)18-10-6-4-7-16-12(10)15/h4,6-9,11H,3,5H2,1-2H3,(H2,18,19,21)/t11-/m0/s1. The molecule has 112 valence electrons. The highest BCUT2D eigenvalue weighted by atomic mass is 35.5. The number of rotatable bonds is 5. The molecule has 2 N–H and O–H groups in total. The zero-order valence-corrected chi connectivity index (χ0v) is 12.8. The molecule has 7 heteroatoms. The second-order valence-corrected chi connectivity index (χ2v) is 5.04. The molecule has 0 aliphatic heterocycles. The van der Waals surface area contributed by atoms with E-state index < -0.39 is 0 Å². The second-order valence-electron chi connectivity index (χ2n) is 4.68. The monoisotopic (exact) mass is 307 g/mol. The van der Waals surface area contributed by atoms with E-state index in [1.54, 1.807) is 24.5 Å². The van der Waals surface area contributed by atoms with Crippen LogP contribution in [-0.2, 0) is 7.05 Å². The SMILES string of the molecule is CCC[C@H](NC(=O)Nc1cccnc1Cl)c1nccn1C. The molecular weight excluding hydrogens is 290 g/mol. The summed E-state index contributed by atoms with van der Waals surface area (Å²) in [5, 5.41) is 5.88. The summed E-state index contributed by atoms with van der Waals surface area (Å²) in [5.74, 6) is 0.823. The van der Waals surface area contributed by atoms with E-state index in [4.69, 9.17) is 11.6 Å². The van der Waals surface area contributed by atoms with E-state index >= 15 is 0 Å². The van der Waals surface area contributed by atoms with Crippen LogP contribution in [0.15, 0.2) is 30.7 Å². The lowest BCUT2D eigenvalue weighted by atomic mass is 10.1. The average Bonchev–Trinajstić information content (AvgIpc) is 2.87. The molecule has 2 heterocycles. The van der Waals surface area contributed by atoms with E-state index in [0.717, 1.165) is 18.7 Å². The molecule has 2 amide bonds. The quantitative estimate of drug-likeness (QED) is 0.834. The van der Waals surface area contributed by atoms with E-state index in [1.165, 1.54) is 0 Å². The van der Waals surface area contributed by atoms with Gasteiger partial charge in [-0.2, -0.15) is 0 Å². The lowest BCUT2D eigenvalue weighted by Crippen LogP contribution is -2.34. The zero-order chi connectivity index (χ0) is 15.2. The maximum atomic E-state index is 12.1. The third-order valence-electron chi connectivity index (χ3n) is 3.06. The number of hydrogen-bond acceptors (Lipinski definition) is 3. The van der Waals surface area contributed by atoms with Gasteiger partial charge < -0.3 is 15.2 Å². The molecule has 2 rings (SSSR count). The third-order valence-corrected chi connectivity index (χ3v) is 3.36. The van der Waals surface area contributed by atoms with Crippen molar-refractivity contribution in [3.8, 4) is 0 Å². The number of urea groups is 1. The molecule has 1 atom stereocenters. The number of anilines is 1. The minimum Gasteiger partial charge on any atom is -0.336 e. The smallest absolute Gasteiger partial charge is 0.319 e. The summed E-state index contributed by atoms with van der Waals surface area (Å²) in [7, 11) is 1.91. The first-order chi connectivity index (χ1) is 10.1. The Labute approximate surface area is 128 Å². The van der Waals surface area contributed by atoms with Crippen molar-refractivity contribution < 1.29 is 4.79 Å². The molecule has 0 saturated carbocycles. The van der Waals surface area contributed by atoms with Gasteiger partial charge in [0.25, 0.3) is 0 Å². The molecule has 0 saturated heterocycles. The van der Waals surface area contributed by atoms with Crippen LogP contribution in [0.3, 0.4) is 0 Å². The highest BCUT2D eigenvalue weighted by Gasteiger charge is 2.18. The molecular formula is C14H18ClN5O. The number of halogens is 1. The van der Waals surface area contributed by atoms with E-state index in [1.807, 2.05) is 17.8 Å². The maximum Gasteiger partial charge on any atom is 0.319 e. The summed E-state index contributed by atoms with van der Waals surface area (Å²) >= 11 is 5.92. The number of pyridine rings is 1. The van der Waals surface area contributed by atoms with Crippen LogP contribution in [0.5, 0.6) is 0 Å². The normalized spacial score (nSPS) is 12.0. The number of carbonyl (C=O) groups is 1. The van der Waals surface area contributed by atoms with E-state index in [9.17, 15) is 4.79 Å². The molecule has 21 heavy (non-hydrogen) atoms.